The van der Waals surface area contributed by atoms with E-state index in [1.165, 1.54) is 18.2 Å². The molecule has 0 atom stereocenters. The average molecular weight is 269 g/mol. The number of carbonyl (C=O) groups excluding carboxylic acids is 1. The normalized spacial score (nSPS) is 9.33. The van der Waals surface area contributed by atoms with Gasteiger partial charge in [0.15, 0.2) is 6.61 Å². The van der Waals surface area contributed by atoms with Crippen LogP contribution in [0.4, 0.5) is 5.69 Å². The van der Waals surface area contributed by atoms with Gasteiger partial charge in [0.05, 0.1) is 11.5 Å². The van der Waals surface area contributed by atoms with E-state index in [0.29, 0.717) is 0 Å². The molecule has 0 fully saturated rings. The van der Waals surface area contributed by atoms with Crippen molar-refractivity contribution in [1.29, 1.82) is 0 Å². The number of hydrogen-bond acceptors (Lipinski definition) is 4. The first kappa shape index (κ1) is 13.8. The number of benzene rings is 1. The van der Waals surface area contributed by atoms with Crippen LogP contribution in [0.5, 0.6) is 5.75 Å². The molecule has 0 heterocycles. The minimum atomic E-state index is -0.605. The van der Waals surface area contributed by atoms with Crippen molar-refractivity contribution in [3.05, 3.63) is 33.3 Å². The van der Waals surface area contributed by atoms with Gasteiger partial charge in [-0.05, 0) is 6.07 Å². The van der Waals surface area contributed by atoms with Crippen LogP contribution < -0.4 is 10.1 Å². The van der Waals surface area contributed by atoms with E-state index in [1.54, 1.807) is 0 Å². The van der Waals surface area contributed by atoms with E-state index in [0.717, 1.165) is 0 Å². The second-order valence-corrected chi connectivity index (χ2v) is 3.55. The standard InChI is InChI=1S/C11H9ClN2O4/c1-2-5-13-11(15)7-18-8-3-4-10(14(16)17)9(12)6-8/h1,3-4,6H,5,7H2,(H,13,15). The number of nitro benzene ring substituents is 1. The van der Waals surface area contributed by atoms with Crippen LogP contribution >= 0.6 is 11.6 Å². The van der Waals surface area contributed by atoms with Crippen LogP contribution in [0.25, 0.3) is 0 Å². The summed E-state index contributed by atoms with van der Waals surface area (Å²) in [7, 11) is 0. The van der Waals surface area contributed by atoms with Crippen molar-refractivity contribution in [1.82, 2.24) is 5.32 Å². The van der Waals surface area contributed by atoms with E-state index in [9.17, 15) is 14.9 Å². The van der Waals surface area contributed by atoms with E-state index in [-0.39, 0.29) is 35.5 Å². The minimum Gasteiger partial charge on any atom is -0.484 e. The molecule has 0 unspecified atom stereocenters. The number of terminal acetylenes is 1. The number of ether oxygens (including phenoxy) is 1. The van der Waals surface area contributed by atoms with Gasteiger partial charge < -0.3 is 10.1 Å². The Hall–Kier alpha value is -2.26. The third-order valence-electron chi connectivity index (χ3n) is 1.87. The average Bonchev–Trinajstić information content (AvgIpc) is 2.33. The molecule has 18 heavy (non-hydrogen) atoms. The zero-order valence-electron chi connectivity index (χ0n) is 9.18. The highest BCUT2D eigenvalue weighted by atomic mass is 35.5. The van der Waals surface area contributed by atoms with Crippen LogP contribution in [0.15, 0.2) is 18.2 Å². The molecule has 0 spiro atoms. The first-order valence-corrected chi connectivity index (χ1v) is 5.19. The predicted molar refractivity (Wildman–Crippen MR) is 65.4 cm³/mol. The van der Waals surface area contributed by atoms with E-state index in [2.05, 4.69) is 11.2 Å². The van der Waals surface area contributed by atoms with Crippen LogP contribution in [0.3, 0.4) is 0 Å². The van der Waals surface area contributed by atoms with E-state index < -0.39 is 4.92 Å². The molecule has 1 aromatic carbocycles. The highest BCUT2D eigenvalue weighted by molar-refractivity contribution is 6.32. The molecule has 6 nitrogen and oxygen atoms in total. The van der Waals surface area contributed by atoms with Crippen molar-refractivity contribution in [3.63, 3.8) is 0 Å². The van der Waals surface area contributed by atoms with Crippen molar-refractivity contribution in [2.75, 3.05) is 13.2 Å². The van der Waals surface area contributed by atoms with Gasteiger partial charge in [-0.2, -0.15) is 0 Å². The zero-order valence-corrected chi connectivity index (χ0v) is 9.94. The van der Waals surface area contributed by atoms with Gasteiger partial charge >= 0.3 is 0 Å². The molecule has 1 amide bonds. The van der Waals surface area contributed by atoms with E-state index in [4.69, 9.17) is 22.8 Å². The molecule has 0 aliphatic carbocycles. The summed E-state index contributed by atoms with van der Waals surface area (Å²) in [6.07, 6.45) is 4.96. The maximum atomic E-state index is 11.2. The fraction of sp³-hybridized carbons (Fsp3) is 0.182. The van der Waals surface area contributed by atoms with Gasteiger partial charge in [-0.3, -0.25) is 14.9 Å². The first-order chi connectivity index (χ1) is 8.54. The maximum absolute atomic E-state index is 11.2. The topological polar surface area (TPSA) is 81.5 Å². The van der Waals surface area contributed by atoms with Crippen molar-refractivity contribution >= 4 is 23.2 Å². The maximum Gasteiger partial charge on any atom is 0.288 e. The molecule has 0 aliphatic rings. The number of carbonyl (C=O) groups is 1. The molecule has 0 aliphatic heterocycles. The lowest BCUT2D eigenvalue weighted by Gasteiger charge is -2.06. The summed E-state index contributed by atoms with van der Waals surface area (Å²) in [5, 5.41) is 12.9. The lowest BCUT2D eigenvalue weighted by molar-refractivity contribution is -0.384. The molecule has 94 valence electrons. The van der Waals surface area contributed by atoms with Gasteiger partial charge in [-0.15, -0.1) is 6.42 Å². The molecular formula is C11H9ClN2O4. The smallest absolute Gasteiger partial charge is 0.288 e. The third-order valence-corrected chi connectivity index (χ3v) is 2.18. The largest absolute Gasteiger partial charge is 0.484 e. The molecule has 1 N–H and O–H groups in total. The summed E-state index contributed by atoms with van der Waals surface area (Å²) in [6, 6.07) is 3.84. The first-order valence-electron chi connectivity index (χ1n) is 4.81. The van der Waals surface area contributed by atoms with E-state index in [1.807, 2.05) is 0 Å². The highest BCUT2D eigenvalue weighted by Crippen LogP contribution is 2.28. The number of halogens is 1. The molecule has 0 radical (unpaired) electrons. The van der Waals surface area contributed by atoms with E-state index >= 15 is 0 Å². The summed E-state index contributed by atoms with van der Waals surface area (Å²) >= 11 is 5.67. The molecule has 0 saturated carbocycles. The molecule has 1 aromatic rings. The van der Waals surface area contributed by atoms with Crippen LogP contribution in [-0.4, -0.2) is 24.0 Å². The summed E-state index contributed by atoms with van der Waals surface area (Å²) < 4.78 is 5.09. The van der Waals surface area contributed by atoms with Crippen LogP contribution in [0.1, 0.15) is 0 Å². The van der Waals surface area contributed by atoms with Gasteiger partial charge in [0.25, 0.3) is 11.6 Å². The number of rotatable bonds is 5. The third kappa shape index (κ3) is 3.96. The van der Waals surface area contributed by atoms with Gasteiger partial charge in [-0.1, -0.05) is 17.5 Å². The molecule has 7 heteroatoms. The van der Waals surface area contributed by atoms with Crippen LogP contribution in [-0.2, 0) is 4.79 Å². The molecule has 0 aromatic heterocycles. The van der Waals surface area contributed by atoms with Crippen molar-refractivity contribution < 1.29 is 14.5 Å². The lowest BCUT2D eigenvalue weighted by atomic mass is 10.3. The van der Waals surface area contributed by atoms with Crippen molar-refractivity contribution in [2.24, 2.45) is 0 Å². The molecular weight excluding hydrogens is 260 g/mol. The lowest BCUT2D eigenvalue weighted by Crippen LogP contribution is -2.29. The molecule has 0 saturated heterocycles. The number of hydrogen-bond donors (Lipinski definition) is 1. The van der Waals surface area contributed by atoms with Gasteiger partial charge in [0, 0.05) is 12.1 Å². The Morgan fingerprint density at radius 2 is 2.33 bits per heavy atom. The Morgan fingerprint density at radius 1 is 1.61 bits per heavy atom. The second-order valence-electron chi connectivity index (χ2n) is 3.14. The molecule has 0 bridgehead atoms. The Labute approximate surface area is 108 Å². The molecule has 1 rings (SSSR count). The number of amides is 1. The zero-order chi connectivity index (χ0) is 13.5. The Balaban J connectivity index is 2.59. The second kappa shape index (κ2) is 6.47. The van der Waals surface area contributed by atoms with Gasteiger partial charge in [0.2, 0.25) is 0 Å². The Bertz CT molecular complexity index is 510. The monoisotopic (exact) mass is 268 g/mol. The number of nitro groups is 1. The van der Waals surface area contributed by atoms with Gasteiger partial charge in [-0.25, -0.2) is 0 Å². The summed E-state index contributed by atoms with van der Waals surface area (Å²) in [4.78, 5) is 21.1. The van der Waals surface area contributed by atoms with Crippen molar-refractivity contribution in [3.8, 4) is 18.1 Å². The van der Waals surface area contributed by atoms with Crippen molar-refractivity contribution in [2.45, 2.75) is 0 Å². The van der Waals surface area contributed by atoms with Crippen LogP contribution in [0.2, 0.25) is 5.02 Å². The number of nitrogens with zero attached hydrogens (tertiary/aromatic N) is 1. The summed E-state index contributed by atoms with van der Waals surface area (Å²) in [5.41, 5.74) is -0.221. The fourth-order valence-corrected chi connectivity index (χ4v) is 1.31. The van der Waals surface area contributed by atoms with Gasteiger partial charge in [0.1, 0.15) is 10.8 Å². The Morgan fingerprint density at radius 3 is 2.89 bits per heavy atom. The van der Waals surface area contributed by atoms with Crippen LogP contribution in [0, 0.1) is 22.5 Å². The number of nitrogens with one attached hydrogen (secondary N) is 1. The predicted octanol–water partition coefficient (Wildman–Crippen LogP) is 1.38. The fourth-order valence-electron chi connectivity index (χ4n) is 1.08. The SMILES string of the molecule is C#CCNC(=O)COc1ccc([N+](=O)[O-])c(Cl)c1. The Kier molecular flexibility index (Phi) is 4.96. The highest BCUT2D eigenvalue weighted by Gasteiger charge is 2.12. The minimum absolute atomic E-state index is 0.0541. The summed E-state index contributed by atoms with van der Waals surface area (Å²) in [5.74, 6) is 2.12. The summed E-state index contributed by atoms with van der Waals surface area (Å²) in [6.45, 7) is -0.126. The quantitative estimate of drug-likeness (QED) is 0.497.